The Morgan fingerprint density at radius 3 is 2.81 bits per heavy atom. The second-order valence-electron chi connectivity index (χ2n) is 3.28. The summed E-state index contributed by atoms with van der Waals surface area (Å²) < 4.78 is 0. The molecule has 2 heterocycles. The third kappa shape index (κ3) is 2.46. The van der Waals surface area contributed by atoms with Crippen LogP contribution in [-0.2, 0) is 0 Å². The molecular formula is C12H10N2OS. The van der Waals surface area contributed by atoms with Crippen molar-refractivity contribution in [3.63, 3.8) is 0 Å². The lowest BCUT2D eigenvalue weighted by Gasteiger charge is -2.03. The highest BCUT2D eigenvalue weighted by atomic mass is 32.2. The lowest BCUT2D eigenvalue weighted by Crippen LogP contribution is -1.90. The number of aromatic nitrogens is 2. The number of rotatable bonds is 3. The van der Waals surface area contributed by atoms with E-state index in [9.17, 15) is 4.79 Å². The van der Waals surface area contributed by atoms with E-state index in [1.54, 1.807) is 12.4 Å². The van der Waals surface area contributed by atoms with E-state index in [0.29, 0.717) is 5.56 Å². The number of aryl methyl sites for hydroxylation is 1. The molecule has 0 radical (unpaired) electrons. The summed E-state index contributed by atoms with van der Waals surface area (Å²) in [5.41, 5.74) is 1.59. The van der Waals surface area contributed by atoms with Crippen LogP contribution in [0.1, 0.15) is 15.9 Å². The minimum atomic E-state index is 0.600. The molecule has 0 aromatic carbocycles. The van der Waals surface area contributed by atoms with Crippen molar-refractivity contribution in [2.45, 2.75) is 17.0 Å². The number of carbonyl (C=O) groups excluding carboxylic acids is 1. The smallest absolute Gasteiger partial charge is 0.151 e. The fourth-order valence-corrected chi connectivity index (χ4v) is 2.05. The molecule has 0 spiro atoms. The van der Waals surface area contributed by atoms with Crippen molar-refractivity contribution in [3.8, 4) is 0 Å². The highest BCUT2D eigenvalue weighted by molar-refractivity contribution is 7.99. The monoisotopic (exact) mass is 230 g/mol. The number of aldehydes is 1. The second-order valence-corrected chi connectivity index (χ2v) is 4.29. The first-order chi connectivity index (χ1) is 7.79. The second kappa shape index (κ2) is 4.90. The molecule has 0 saturated heterocycles. The van der Waals surface area contributed by atoms with Crippen LogP contribution in [0.3, 0.4) is 0 Å². The molecule has 0 unspecified atom stereocenters. The summed E-state index contributed by atoms with van der Waals surface area (Å²) >= 11 is 1.50. The Bertz CT molecular complexity index is 500. The number of carbonyl (C=O) groups is 1. The van der Waals surface area contributed by atoms with Crippen molar-refractivity contribution in [2.75, 3.05) is 0 Å². The summed E-state index contributed by atoms with van der Waals surface area (Å²) in [7, 11) is 0. The Morgan fingerprint density at radius 2 is 2.19 bits per heavy atom. The lowest BCUT2D eigenvalue weighted by atomic mass is 10.2. The average molecular weight is 230 g/mol. The van der Waals surface area contributed by atoms with Crippen molar-refractivity contribution in [2.24, 2.45) is 0 Å². The van der Waals surface area contributed by atoms with Gasteiger partial charge in [-0.1, -0.05) is 6.07 Å². The summed E-state index contributed by atoms with van der Waals surface area (Å²) in [5.74, 6) is 0. The van der Waals surface area contributed by atoms with Gasteiger partial charge in [0.25, 0.3) is 0 Å². The van der Waals surface area contributed by atoms with Crippen LogP contribution in [0.25, 0.3) is 0 Å². The molecule has 16 heavy (non-hydrogen) atoms. The van der Waals surface area contributed by atoms with Crippen LogP contribution in [0.2, 0.25) is 0 Å². The SMILES string of the molecule is Cc1cc(C=O)cnc1Sc1ccccn1. The first kappa shape index (κ1) is 10.8. The van der Waals surface area contributed by atoms with Gasteiger partial charge in [0, 0.05) is 18.0 Å². The molecule has 2 aromatic rings. The van der Waals surface area contributed by atoms with Crippen LogP contribution in [0.4, 0.5) is 0 Å². The molecule has 80 valence electrons. The Morgan fingerprint density at radius 1 is 1.31 bits per heavy atom. The molecule has 0 bridgehead atoms. The highest BCUT2D eigenvalue weighted by Crippen LogP contribution is 2.26. The molecule has 0 fully saturated rings. The van der Waals surface area contributed by atoms with E-state index in [2.05, 4.69) is 9.97 Å². The minimum absolute atomic E-state index is 0.600. The molecule has 2 aromatic heterocycles. The fourth-order valence-electron chi connectivity index (χ4n) is 1.26. The van der Waals surface area contributed by atoms with E-state index < -0.39 is 0 Å². The van der Waals surface area contributed by atoms with Crippen LogP contribution >= 0.6 is 11.8 Å². The van der Waals surface area contributed by atoms with Crippen LogP contribution in [-0.4, -0.2) is 16.3 Å². The summed E-state index contributed by atoms with van der Waals surface area (Å²) in [6.07, 6.45) is 4.12. The maximum atomic E-state index is 10.6. The molecule has 0 amide bonds. The molecule has 0 aliphatic rings. The predicted octanol–water partition coefficient (Wildman–Crippen LogP) is 2.75. The fraction of sp³-hybridized carbons (Fsp3) is 0.0833. The Hall–Kier alpha value is -1.68. The van der Waals surface area contributed by atoms with Crippen LogP contribution in [0, 0.1) is 6.92 Å². The topological polar surface area (TPSA) is 42.9 Å². The molecule has 4 heteroatoms. The zero-order valence-electron chi connectivity index (χ0n) is 8.75. The predicted molar refractivity (Wildman–Crippen MR) is 62.7 cm³/mol. The van der Waals surface area contributed by atoms with Crippen molar-refractivity contribution in [1.29, 1.82) is 0 Å². The normalized spacial score (nSPS) is 10.1. The molecule has 3 nitrogen and oxygen atoms in total. The van der Waals surface area contributed by atoms with E-state index in [4.69, 9.17) is 0 Å². The van der Waals surface area contributed by atoms with Gasteiger partial charge in [0.2, 0.25) is 0 Å². The van der Waals surface area contributed by atoms with Gasteiger partial charge < -0.3 is 0 Å². The van der Waals surface area contributed by atoms with Gasteiger partial charge in [0.15, 0.2) is 6.29 Å². The number of hydrogen-bond acceptors (Lipinski definition) is 4. The zero-order valence-corrected chi connectivity index (χ0v) is 9.57. The van der Waals surface area contributed by atoms with Gasteiger partial charge in [-0.15, -0.1) is 0 Å². The maximum Gasteiger partial charge on any atom is 0.151 e. The van der Waals surface area contributed by atoms with Gasteiger partial charge in [-0.3, -0.25) is 4.79 Å². The number of hydrogen-bond donors (Lipinski definition) is 0. The molecule has 0 atom stereocenters. The van der Waals surface area contributed by atoms with Crippen LogP contribution in [0.5, 0.6) is 0 Å². The number of pyridine rings is 2. The van der Waals surface area contributed by atoms with E-state index in [0.717, 1.165) is 21.9 Å². The van der Waals surface area contributed by atoms with Gasteiger partial charge in [-0.25, -0.2) is 9.97 Å². The molecular weight excluding hydrogens is 220 g/mol. The Kier molecular flexibility index (Phi) is 3.31. The maximum absolute atomic E-state index is 10.6. The molecule has 0 aliphatic carbocycles. The van der Waals surface area contributed by atoms with Crippen LogP contribution < -0.4 is 0 Å². The zero-order chi connectivity index (χ0) is 11.4. The van der Waals surface area contributed by atoms with Gasteiger partial charge in [-0.2, -0.15) is 0 Å². The first-order valence-corrected chi connectivity index (χ1v) is 5.62. The first-order valence-electron chi connectivity index (χ1n) is 4.80. The molecule has 0 saturated carbocycles. The molecule has 0 aliphatic heterocycles. The van der Waals surface area contributed by atoms with Crippen molar-refractivity contribution in [3.05, 3.63) is 47.8 Å². The molecule has 2 rings (SSSR count). The quantitative estimate of drug-likeness (QED) is 0.760. The standard InChI is InChI=1S/C12H10N2OS/c1-9-6-10(8-15)7-14-12(9)16-11-4-2-3-5-13-11/h2-8H,1H3. The van der Waals surface area contributed by atoms with Crippen molar-refractivity contribution >= 4 is 18.0 Å². The summed E-state index contributed by atoms with van der Waals surface area (Å²) in [5, 5.41) is 1.78. The number of nitrogens with zero attached hydrogens (tertiary/aromatic N) is 2. The summed E-state index contributed by atoms with van der Waals surface area (Å²) in [6, 6.07) is 7.56. The average Bonchev–Trinajstić information content (AvgIpc) is 2.33. The lowest BCUT2D eigenvalue weighted by molar-refractivity contribution is 0.112. The summed E-state index contributed by atoms with van der Waals surface area (Å²) in [4.78, 5) is 19.0. The Balaban J connectivity index is 2.25. The van der Waals surface area contributed by atoms with Gasteiger partial charge in [0.1, 0.15) is 10.1 Å². The van der Waals surface area contributed by atoms with Crippen molar-refractivity contribution < 1.29 is 4.79 Å². The van der Waals surface area contributed by atoms with E-state index >= 15 is 0 Å². The van der Waals surface area contributed by atoms with Crippen LogP contribution in [0.15, 0.2) is 46.7 Å². The van der Waals surface area contributed by atoms with E-state index in [1.165, 1.54) is 11.8 Å². The van der Waals surface area contributed by atoms with Gasteiger partial charge in [-0.05, 0) is 42.4 Å². The van der Waals surface area contributed by atoms with E-state index in [-0.39, 0.29) is 0 Å². The third-order valence-electron chi connectivity index (χ3n) is 2.03. The molecule has 0 N–H and O–H groups in total. The minimum Gasteiger partial charge on any atom is -0.298 e. The van der Waals surface area contributed by atoms with Gasteiger partial charge >= 0.3 is 0 Å². The third-order valence-corrected chi connectivity index (χ3v) is 3.10. The van der Waals surface area contributed by atoms with E-state index in [1.807, 2.05) is 31.2 Å². The Labute approximate surface area is 97.9 Å². The van der Waals surface area contributed by atoms with Crippen molar-refractivity contribution in [1.82, 2.24) is 9.97 Å². The summed E-state index contributed by atoms with van der Waals surface area (Å²) in [6.45, 7) is 1.94. The van der Waals surface area contributed by atoms with Gasteiger partial charge in [0.05, 0.1) is 0 Å². The largest absolute Gasteiger partial charge is 0.298 e. The highest BCUT2D eigenvalue weighted by Gasteiger charge is 2.04.